The summed E-state index contributed by atoms with van der Waals surface area (Å²) in [7, 11) is -3.96. The van der Waals surface area contributed by atoms with E-state index in [1.54, 1.807) is 0 Å². The van der Waals surface area contributed by atoms with Crippen LogP contribution in [0.15, 0.2) is 53.7 Å². The van der Waals surface area contributed by atoms with Gasteiger partial charge < -0.3 is 10.2 Å². The molecule has 1 aromatic carbocycles. The molecule has 0 saturated carbocycles. The van der Waals surface area contributed by atoms with Gasteiger partial charge in [-0.2, -0.15) is 4.31 Å². The first-order valence-corrected chi connectivity index (χ1v) is 13.3. The van der Waals surface area contributed by atoms with Crippen LogP contribution in [0.25, 0.3) is 0 Å². The van der Waals surface area contributed by atoms with Crippen molar-refractivity contribution in [3.05, 3.63) is 59.9 Å². The van der Waals surface area contributed by atoms with Crippen LogP contribution in [0.3, 0.4) is 0 Å². The lowest BCUT2D eigenvalue weighted by Gasteiger charge is -2.29. The Kier molecular flexibility index (Phi) is 7.51. The Morgan fingerprint density at radius 3 is 2.53 bits per heavy atom. The van der Waals surface area contributed by atoms with Gasteiger partial charge in [-0.1, -0.05) is 26.0 Å². The molecule has 2 aliphatic rings. The zero-order chi connectivity index (χ0) is 26.0. The van der Waals surface area contributed by atoms with Gasteiger partial charge in [-0.05, 0) is 48.6 Å². The number of likely N-dealkylation sites (tertiary alicyclic amines) is 1. The summed E-state index contributed by atoms with van der Waals surface area (Å²) in [6.45, 7) is 3.07. The number of alkyl halides is 1. The van der Waals surface area contributed by atoms with Gasteiger partial charge >= 0.3 is 0 Å². The van der Waals surface area contributed by atoms with Crippen molar-refractivity contribution in [2.45, 2.75) is 56.4 Å². The number of rotatable bonds is 8. The third-order valence-corrected chi connectivity index (χ3v) is 8.44. The Morgan fingerprint density at radius 1 is 1.19 bits per heavy atom. The quantitative estimate of drug-likeness (QED) is 0.573. The molecule has 192 valence electrons. The van der Waals surface area contributed by atoms with E-state index in [2.05, 4.69) is 10.3 Å². The molecule has 3 heterocycles. The fourth-order valence-corrected chi connectivity index (χ4v) is 6.45. The third kappa shape index (κ3) is 5.03. The fraction of sp³-hybridized carbons (Fsp3) is 0.440. The second-order valence-corrected chi connectivity index (χ2v) is 11.4. The van der Waals surface area contributed by atoms with Crippen molar-refractivity contribution in [1.82, 2.24) is 19.5 Å². The number of benzene rings is 1. The summed E-state index contributed by atoms with van der Waals surface area (Å²) in [4.78, 5) is 44.7. The van der Waals surface area contributed by atoms with Gasteiger partial charge in [0, 0.05) is 24.5 Å². The number of nitrogens with zero attached hydrogens (tertiary/aromatic N) is 3. The molecule has 1 aromatic heterocycles. The molecule has 3 unspecified atom stereocenters. The van der Waals surface area contributed by atoms with E-state index >= 15 is 0 Å². The average molecular weight is 517 g/mol. The zero-order valence-corrected chi connectivity index (χ0v) is 20.9. The van der Waals surface area contributed by atoms with Gasteiger partial charge in [0.2, 0.25) is 15.9 Å². The molecule has 0 spiro atoms. The summed E-state index contributed by atoms with van der Waals surface area (Å²) in [5.74, 6) is -1.18. The second-order valence-electron chi connectivity index (χ2n) is 9.52. The Labute approximate surface area is 209 Å². The van der Waals surface area contributed by atoms with E-state index in [0.717, 1.165) is 4.31 Å². The van der Waals surface area contributed by atoms with Crippen molar-refractivity contribution < 1.29 is 27.2 Å². The summed E-state index contributed by atoms with van der Waals surface area (Å²) in [6.07, 6.45) is 3.35. The number of carbonyl (C=O) groups is 3. The van der Waals surface area contributed by atoms with E-state index in [9.17, 15) is 27.2 Å². The molecule has 2 aromatic rings. The van der Waals surface area contributed by atoms with Crippen molar-refractivity contribution in [3.8, 4) is 0 Å². The molecule has 9 nitrogen and oxygen atoms in total. The minimum atomic E-state index is -3.96. The Hall–Kier alpha value is -3.18. The van der Waals surface area contributed by atoms with Crippen LogP contribution in [0.2, 0.25) is 0 Å². The number of aromatic nitrogens is 1. The van der Waals surface area contributed by atoms with Crippen LogP contribution in [-0.2, 0) is 26.3 Å². The minimum Gasteiger partial charge on any atom is -0.340 e. The van der Waals surface area contributed by atoms with E-state index in [4.69, 9.17) is 0 Å². The molecular formula is C25H29FN4O5S. The van der Waals surface area contributed by atoms with Crippen LogP contribution >= 0.6 is 0 Å². The highest BCUT2D eigenvalue weighted by atomic mass is 32.2. The summed E-state index contributed by atoms with van der Waals surface area (Å²) < 4.78 is 40.3. The average Bonchev–Trinajstić information content (AvgIpc) is 3.45. The molecule has 2 aliphatic heterocycles. The smallest absolute Gasteiger partial charge is 0.251 e. The van der Waals surface area contributed by atoms with Crippen LogP contribution in [0.1, 0.15) is 42.6 Å². The lowest BCUT2D eigenvalue weighted by Crippen LogP contribution is -2.53. The van der Waals surface area contributed by atoms with Crippen molar-refractivity contribution in [1.29, 1.82) is 0 Å². The van der Waals surface area contributed by atoms with Crippen LogP contribution < -0.4 is 5.32 Å². The third-order valence-electron chi connectivity index (χ3n) is 6.58. The number of hydrogen-bond donors (Lipinski definition) is 1. The number of carbonyl (C=O) groups excluding carboxylic acids is 3. The molecule has 0 bridgehead atoms. The van der Waals surface area contributed by atoms with E-state index in [1.807, 2.05) is 13.8 Å². The number of halogens is 1. The van der Waals surface area contributed by atoms with Crippen LogP contribution in [0, 0.1) is 5.92 Å². The molecule has 36 heavy (non-hydrogen) atoms. The maximum absolute atomic E-state index is 13.6. The Balaban J connectivity index is 1.53. The van der Waals surface area contributed by atoms with Crippen molar-refractivity contribution >= 4 is 27.6 Å². The van der Waals surface area contributed by atoms with Gasteiger partial charge in [0.05, 0.1) is 12.6 Å². The first-order valence-electron chi connectivity index (χ1n) is 11.8. The lowest BCUT2D eigenvalue weighted by atomic mass is 10.0. The summed E-state index contributed by atoms with van der Waals surface area (Å²) in [5.41, 5.74) is 0.730. The minimum absolute atomic E-state index is 0.00745. The van der Waals surface area contributed by atoms with Gasteiger partial charge in [-0.15, -0.1) is 0 Å². The van der Waals surface area contributed by atoms with Crippen LogP contribution in [0.5, 0.6) is 0 Å². The standard InChI is InChI=1S/C25H29FN4O5S/c1-16(2)12-20(28-24(32)18-7-5-17(13-26)6-8-18)25(33)29-11-9-21-23(29)22(31)15-30(21)36(34,35)19-4-3-10-27-14-19/h3-8,10,14,16,20-21,23H,9,11-13,15H2,1-2H3,(H,28,32). The highest BCUT2D eigenvalue weighted by molar-refractivity contribution is 7.89. The number of nitrogens with one attached hydrogen (secondary N) is 1. The van der Waals surface area contributed by atoms with Gasteiger partial charge in [-0.25, -0.2) is 12.8 Å². The van der Waals surface area contributed by atoms with Crippen molar-refractivity contribution in [2.75, 3.05) is 13.1 Å². The number of pyridine rings is 1. The van der Waals surface area contributed by atoms with Crippen LogP contribution in [-0.4, -0.2) is 71.4 Å². The van der Waals surface area contributed by atoms with Crippen molar-refractivity contribution in [3.63, 3.8) is 0 Å². The lowest BCUT2D eigenvalue weighted by molar-refractivity contribution is -0.138. The van der Waals surface area contributed by atoms with Crippen molar-refractivity contribution in [2.24, 2.45) is 5.92 Å². The predicted octanol–water partition coefficient (Wildman–Crippen LogP) is 1.94. The molecule has 11 heteroatoms. The van der Waals surface area contributed by atoms with Gasteiger partial charge in [0.25, 0.3) is 5.91 Å². The Morgan fingerprint density at radius 2 is 1.92 bits per heavy atom. The van der Waals surface area contributed by atoms with E-state index in [-0.39, 0.29) is 29.7 Å². The number of ketones is 1. The van der Waals surface area contributed by atoms with E-state index in [0.29, 0.717) is 24.0 Å². The summed E-state index contributed by atoms with van der Waals surface area (Å²) in [6, 6.07) is 6.47. The molecule has 0 radical (unpaired) electrons. The SMILES string of the molecule is CC(C)CC(NC(=O)c1ccc(CF)cc1)C(=O)N1CCC2C1C(=O)CN2S(=O)(=O)c1cccnc1. The van der Waals surface area contributed by atoms with Gasteiger partial charge in [0.15, 0.2) is 5.78 Å². The molecule has 2 amide bonds. The number of fused-ring (bicyclic) bond motifs is 1. The molecule has 4 rings (SSSR count). The monoisotopic (exact) mass is 516 g/mol. The number of sulfonamides is 1. The molecule has 2 fully saturated rings. The topological polar surface area (TPSA) is 117 Å². The van der Waals surface area contributed by atoms with E-state index in [1.165, 1.54) is 53.7 Å². The van der Waals surface area contributed by atoms with Gasteiger partial charge in [-0.3, -0.25) is 19.4 Å². The zero-order valence-electron chi connectivity index (χ0n) is 20.1. The highest BCUT2D eigenvalue weighted by Crippen LogP contribution is 2.34. The first-order chi connectivity index (χ1) is 17.1. The molecule has 3 atom stereocenters. The predicted molar refractivity (Wildman–Crippen MR) is 129 cm³/mol. The largest absolute Gasteiger partial charge is 0.340 e. The Bertz CT molecular complexity index is 1240. The summed E-state index contributed by atoms with van der Waals surface area (Å²) >= 11 is 0. The molecule has 2 saturated heterocycles. The maximum atomic E-state index is 13.6. The van der Waals surface area contributed by atoms with Gasteiger partial charge in [0.1, 0.15) is 23.7 Å². The second kappa shape index (κ2) is 10.4. The molecule has 0 aliphatic carbocycles. The highest BCUT2D eigenvalue weighted by Gasteiger charge is 2.54. The normalized spacial score (nSPS) is 21.0. The fourth-order valence-electron chi connectivity index (χ4n) is 4.86. The molecular weight excluding hydrogens is 487 g/mol. The number of hydrogen-bond acceptors (Lipinski definition) is 6. The maximum Gasteiger partial charge on any atom is 0.251 e. The number of amides is 2. The van der Waals surface area contributed by atoms with E-state index < -0.39 is 46.6 Å². The summed E-state index contributed by atoms with van der Waals surface area (Å²) in [5, 5.41) is 2.77. The first kappa shape index (κ1) is 25.9. The molecule has 1 N–H and O–H groups in total. The van der Waals surface area contributed by atoms with Crippen LogP contribution in [0.4, 0.5) is 4.39 Å². The number of Topliss-reactive ketones (excluding diaryl/α,β-unsaturated/α-hetero) is 1.